The second-order valence-electron chi connectivity index (χ2n) is 7.42. The Labute approximate surface area is 127 Å². The third-order valence-electron chi connectivity index (χ3n) is 5.95. The lowest BCUT2D eigenvalue weighted by Gasteiger charge is -2.49. The van der Waals surface area contributed by atoms with Gasteiger partial charge in [0.2, 0.25) is 0 Å². The van der Waals surface area contributed by atoms with E-state index >= 15 is 0 Å². The number of nitrogens with one attached hydrogen (secondary N) is 1. The lowest BCUT2D eigenvalue weighted by Crippen LogP contribution is -2.43. The van der Waals surface area contributed by atoms with Crippen LogP contribution in [0.25, 0.3) is 10.9 Å². The molecule has 2 atom stereocenters. The Morgan fingerprint density at radius 2 is 1.76 bits per heavy atom. The average molecular weight is 282 g/mol. The van der Waals surface area contributed by atoms with Gasteiger partial charge in [-0.15, -0.1) is 0 Å². The molecule has 1 N–H and O–H groups in total. The van der Waals surface area contributed by atoms with E-state index in [-0.39, 0.29) is 0 Å². The summed E-state index contributed by atoms with van der Waals surface area (Å²) in [6, 6.07) is 8.83. The van der Waals surface area contributed by atoms with Gasteiger partial charge in [0.05, 0.1) is 0 Å². The molecule has 0 unspecified atom stereocenters. The molecule has 3 aliphatic carbocycles. The maximum atomic E-state index is 3.51. The molecule has 3 aliphatic rings. The fourth-order valence-electron chi connectivity index (χ4n) is 5.11. The molecule has 2 aromatic rings. The van der Waals surface area contributed by atoms with Gasteiger partial charge in [0, 0.05) is 23.6 Å². The van der Waals surface area contributed by atoms with Crippen molar-refractivity contribution in [3.63, 3.8) is 0 Å². The number of H-pyrrole nitrogens is 1. The Bertz CT molecular complexity index is 619. The minimum Gasteiger partial charge on any atom is -0.361 e. The highest BCUT2D eigenvalue weighted by Crippen LogP contribution is 2.54. The first-order chi connectivity index (χ1) is 10.2. The van der Waals surface area contributed by atoms with Gasteiger partial charge in [-0.1, -0.05) is 18.2 Å². The predicted molar refractivity (Wildman–Crippen MR) is 88.5 cm³/mol. The number of aromatic nitrogens is 1. The topological polar surface area (TPSA) is 19.0 Å². The zero-order valence-corrected chi connectivity index (χ0v) is 13.2. The van der Waals surface area contributed by atoms with Crippen LogP contribution in [0.2, 0.25) is 0 Å². The number of benzene rings is 1. The van der Waals surface area contributed by atoms with Crippen molar-refractivity contribution in [2.75, 3.05) is 20.6 Å². The molecule has 5 rings (SSSR count). The van der Waals surface area contributed by atoms with E-state index in [0.717, 1.165) is 23.7 Å². The van der Waals surface area contributed by atoms with Crippen molar-refractivity contribution in [3.8, 4) is 0 Å². The van der Waals surface area contributed by atoms with Crippen LogP contribution in [-0.2, 0) is 0 Å². The second-order valence-corrected chi connectivity index (χ2v) is 7.42. The lowest BCUT2D eigenvalue weighted by molar-refractivity contribution is 0.0513. The molecule has 1 aromatic carbocycles. The van der Waals surface area contributed by atoms with Gasteiger partial charge in [0.15, 0.2) is 0 Å². The molecular weight excluding hydrogens is 256 g/mol. The third kappa shape index (κ3) is 2.20. The van der Waals surface area contributed by atoms with Crippen LogP contribution in [0.4, 0.5) is 0 Å². The fraction of sp³-hybridized carbons (Fsp3) is 0.579. The summed E-state index contributed by atoms with van der Waals surface area (Å²) in [6.07, 6.45) is 8.11. The first kappa shape index (κ1) is 13.4. The van der Waals surface area contributed by atoms with Crippen LogP contribution in [-0.4, -0.2) is 30.5 Å². The summed E-state index contributed by atoms with van der Waals surface area (Å²) in [7, 11) is 4.46. The summed E-state index contributed by atoms with van der Waals surface area (Å²) < 4.78 is 0. The Morgan fingerprint density at radius 3 is 2.52 bits per heavy atom. The molecule has 21 heavy (non-hydrogen) atoms. The Hall–Kier alpha value is -1.28. The molecule has 0 aliphatic heterocycles. The number of para-hydroxylation sites is 1. The predicted octanol–water partition coefficient (Wildman–Crippen LogP) is 4.25. The van der Waals surface area contributed by atoms with Gasteiger partial charge in [0.25, 0.3) is 0 Å². The first-order valence-corrected chi connectivity index (χ1v) is 8.45. The fourth-order valence-corrected chi connectivity index (χ4v) is 5.11. The highest BCUT2D eigenvalue weighted by molar-refractivity contribution is 5.83. The molecule has 3 saturated carbocycles. The van der Waals surface area contributed by atoms with Crippen LogP contribution in [0.5, 0.6) is 0 Å². The standard InChI is InChI=1S/C19H26N2/c1-21(2)12-17-13-7-9-14(10-8-13)19(17)16-11-20-18-6-4-3-5-15(16)18/h3-6,11,13-14,17,19-20H,7-10,12H2,1-2H3/t13?,14?,17-,19-/m1/s1. The minimum absolute atomic E-state index is 0.760. The van der Waals surface area contributed by atoms with Gasteiger partial charge in [-0.2, -0.15) is 0 Å². The summed E-state index contributed by atoms with van der Waals surface area (Å²) in [4.78, 5) is 5.90. The molecule has 2 nitrogen and oxygen atoms in total. The van der Waals surface area contributed by atoms with Gasteiger partial charge in [0.1, 0.15) is 0 Å². The van der Waals surface area contributed by atoms with E-state index < -0.39 is 0 Å². The van der Waals surface area contributed by atoms with Crippen LogP contribution in [0, 0.1) is 17.8 Å². The molecule has 1 aromatic heterocycles. The highest BCUT2D eigenvalue weighted by atomic mass is 15.1. The van der Waals surface area contributed by atoms with Crippen molar-refractivity contribution >= 4 is 10.9 Å². The number of aromatic amines is 1. The number of hydrogen-bond acceptors (Lipinski definition) is 1. The van der Waals surface area contributed by atoms with E-state index in [1.54, 1.807) is 5.56 Å². The smallest absolute Gasteiger partial charge is 0.0456 e. The Morgan fingerprint density at radius 1 is 1.05 bits per heavy atom. The average Bonchev–Trinajstić information content (AvgIpc) is 2.92. The van der Waals surface area contributed by atoms with E-state index in [1.807, 2.05) is 0 Å². The summed E-state index contributed by atoms with van der Waals surface area (Å²) in [5.74, 6) is 3.44. The monoisotopic (exact) mass is 282 g/mol. The van der Waals surface area contributed by atoms with E-state index in [1.165, 1.54) is 43.1 Å². The number of hydrogen-bond donors (Lipinski definition) is 1. The Kier molecular flexibility index (Phi) is 3.30. The lowest BCUT2D eigenvalue weighted by atomic mass is 9.57. The highest BCUT2D eigenvalue weighted by Gasteiger charge is 2.44. The van der Waals surface area contributed by atoms with Crippen LogP contribution >= 0.6 is 0 Å². The molecule has 112 valence electrons. The van der Waals surface area contributed by atoms with Crippen molar-refractivity contribution in [1.29, 1.82) is 0 Å². The van der Waals surface area contributed by atoms with Crippen LogP contribution < -0.4 is 0 Å². The summed E-state index contributed by atoms with van der Waals surface area (Å²) in [5.41, 5.74) is 2.89. The largest absolute Gasteiger partial charge is 0.361 e. The molecule has 2 bridgehead atoms. The van der Waals surface area contributed by atoms with Gasteiger partial charge < -0.3 is 9.88 Å². The number of nitrogens with zero attached hydrogens (tertiary/aromatic N) is 1. The summed E-state index contributed by atoms with van der Waals surface area (Å²) >= 11 is 0. The van der Waals surface area contributed by atoms with Crippen molar-refractivity contribution in [2.24, 2.45) is 17.8 Å². The van der Waals surface area contributed by atoms with Crippen molar-refractivity contribution < 1.29 is 0 Å². The summed E-state index contributed by atoms with van der Waals surface area (Å²) in [5, 5.41) is 1.46. The SMILES string of the molecule is CN(C)C[C@@H]1C2CCC(CC2)[C@@H]1c1c[nH]c2ccccc12. The maximum Gasteiger partial charge on any atom is 0.0456 e. The second kappa shape index (κ2) is 5.17. The zero-order valence-electron chi connectivity index (χ0n) is 13.2. The van der Waals surface area contributed by atoms with Gasteiger partial charge in [-0.3, -0.25) is 0 Å². The number of fused-ring (bicyclic) bond motifs is 4. The maximum absolute atomic E-state index is 3.51. The van der Waals surface area contributed by atoms with Crippen molar-refractivity contribution in [1.82, 2.24) is 9.88 Å². The molecule has 0 spiro atoms. The minimum atomic E-state index is 0.760. The molecular formula is C19H26N2. The first-order valence-electron chi connectivity index (χ1n) is 8.45. The molecule has 0 saturated heterocycles. The van der Waals surface area contributed by atoms with Gasteiger partial charge in [-0.25, -0.2) is 0 Å². The van der Waals surface area contributed by atoms with E-state index in [2.05, 4.69) is 54.4 Å². The molecule has 0 radical (unpaired) electrons. The van der Waals surface area contributed by atoms with Gasteiger partial charge >= 0.3 is 0 Å². The van der Waals surface area contributed by atoms with E-state index in [4.69, 9.17) is 0 Å². The van der Waals surface area contributed by atoms with Crippen LogP contribution in [0.15, 0.2) is 30.5 Å². The summed E-state index contributed by atoms with van der Waals surface area (Å²) in [6.45, 7) is 1.24. The molecule has 3 fully saturated rings. The van der Waals surface area contributed by atoms with Crippen LogP contribution in [0.3, 0.4) is 0 Å². The van der Waals surface area contributed by atoms with Crippen molar-refractivity contribution in [2.45, 2.75) is 31.6 Å². The normalized spacial score (nSPS) is 32.1. The molecule has 1 heterocycles. The quantitative estimate of drug-likeness (QED) is 0.891. The van der Waals surface area contributed by atoms with Crippen LogP contribution in [0.1, 0.15) is 37.2 Å². The van der Waals surface area contributed by atoms with Crippen molar-refractivity contribution in [3.05, 3.63) is 36.0 Å². The van der Waals surface area contributed by atoms with E-state index in [0.29, 0.717) is 0 Å². The zero-order chi connectivity index (χ0) is 14.4. The van der Waals surface area contributed by atoms with Gasteiger partial charge in [-0.05, 0) is 75.1 Å². The van der Waals surface area contributed by atoms with E-state index in [9.17, 15) is 0 Å². The Balaban J connectivity index is 1.76. The molecule has 2 heteroatoms. The number of rotatable bonds is 3. The third-order valence-corrected chi connectivity index (χ3v) is 5.95. The molecule has 0 amide bonds.